The minimum Gasteiger partial charge on any atom is -0.195 e. The van der Waals surface area contributed by atoms with Crippen LogP contribution >= 0.6 is 11.6 Å². The van der Waals surface area contributed by atoms with Crippen molar-refractivity contribution in [3.63, 3.8) is 0 Å². The van der Waals surface area contributed by atoms with Crippen molar-refractivity contribution < 1.29 is 8.42 Å². The van der Waals surface area contributed by atoms with Gasteiger partial charge in [-0.15, -0.1) is 11.6 Å². The van der Waals surface area contributed by atoms with E-state index in [-0.39, 0.29) is 0 Å². The molecule has 0 spiro atoms. The first kappa shape index (κ1) is 16.4. The Kier molecular flexibility index (Phi) is 6.26. The number of hydrogen-bond donors (Lipinski definition) is 0. The molecule has 0 N–H and O–H groups in total. The van der Waals surface area contributed by atoms with Crippen molar-refractivity contribution in [2.75, 3.05) is 26.5 Å². The van der Waals surface area contributed by atoms with E-state index in [1.165, 1.54) is 8.61 Å². The van der Waals surface area contributed by atoms with Crippen LogP contribution in [0.1, 0.15) is 17.5 Å². The Morgan fingerprint density at radius 3 is 2.37 bits per heavy atom. The minimum atomic E-state index is -3.42. The van der Waals surface area contributed by atoms with Gasteiger partial charge in [0.15, 0.2) is 0 Å². The molecule has 0 saturated heterocycles. The highest BCUT2D eigenvalue weighted by Gasteiger charge is 2.23. The second kappa shape index (κ2) is 7.24. The molecule has 1 rings (SSSR count). The van der Waals surface area contributed by atoms with Gasteiger partial charge in [-0.2, -0.15) is 17.0 Å². The van der Waals surface area contributed by atoms with Crippen molar-refractivity contribution in [3.05, 3.63) is 35.4 Å². The van der Waals surface area contributed by atoms with Crippen molar-refractivity contribution >= 4 is 21.8 Å². The van der Waals surface area contributed by atoms with Crippen LogP contribution < -0.4 is 0 Å². The molecular weight excluding hydrogens is 284 g/mol. The van der Waals surface area contributed by atoms with Gasteiger partial charge in [0.2, 0.25) is 0 Å². The number of alkyl halides is 1. The summed E-state index contributed by atoms with van der Waals surface area (Å²) in [5.74, 6) is 0.460. The molecule has 4 nitrogen and oxygen atoms in total. The summed E-state index contributed by atoms with van der Waals surface area (Å²) in [4.78, 5) is 0. The molecule has 0 aliphatic carbocycles. The predicted molar refractivity (Wildman–Crippen MR) is 79.5 cm³/mol. The summed E-state index contributed by atoms with van der Waals surface area (Å²) in [5.41, 5.74) is 2.10. The van der Waals surface area contributed by atoms with Crippen LogP contribution in [0.25, 0.3) is 0 Å². The van der Waals surface area contributed by atoms with Crippen molar-refractivity contribution in [2.45, 2.75) is 19.9 Å². The summed E-state index contributed by atoms with van der Waals surface area (Å²) in [5, 5.41) is 0. The van der Waals surface area contributed by atoms with Gasteiger partial charge in [0.05, 0.1) is 0 Å². The average Bonchev–Trinajstić information content (AvgIpc) is 2.38. The molecule has 0 aliphatic rings. The highest BCUT2D eigenvalue weighted by molar-refractivity contribution is 7.86. The van der Waals surface area contributed by atoms with Crippen LogP contribution in [-0.2, 0) is 16.8 Å². The first-order chi connectivity index (χ1) is 8.89. The Bertz CT molecular complexity index is 505. The maximum Gasteiger partial charge on any atom is 0.281 e. The fraction of sp³-hybridized carbons (Fsp3) is 0.538. The topological polar surface area (TPSA) is 40.6 Å². The second-order valence-electron chi connectivity index (χ2n) is 4.55. The smallest absolute Gasteiger partial charge is 0.195 e. The van der Waals surface area contributed by atoms with Crippen LogP contribution in [-0.4, -0.2) is 43.5 Å². The summed E-state index contributed by atoms with van der Waals surface area (Å²) in [6, 6.07) is 7.78. The quantitative estimate of drug-likeness (QED) is 0.725. The number of rotatable bonds is 7. The zero-order chi connectivity index (χ0) is 14.5. The number of aryl methyl sites for hydroxylation is 1. The normalized spacial score (nSPS) is 12.3. The van der Waals surface area contributed by atoms with Crippen LogP contribution in [0.3, 0.4) is 0 Å². The van der Waals surface area contributed by atoms with Crippen LogP contribution in [0.15, 0.2) is 24.3 Å². The average molecular weight is 305 g/mol. The maximum absolute atomic E-state index is 12.3. The zero-order valence-corrected chi connectivity index (χ0v) is 13.2. The second-order valence-corrected chi connectivity index (χ2v) is 7.07. The number of nitrogens with zero attached hydrogens (tertiary/aromatic N) is 2. The van der Waals surface area contributed by atoms with Crippen LogP contribution in [0.4, 0.5) is 0 Å². The Balaban J connectivity index is 2.76. The van der Waals surface area contributed by atoms with Gasteiger partial charge in [0, 0.05) is 33.1 Å². The lowest BCUT2D eigenvalue weighted by atomic mass is 10.1. The van der Waals surface area contributed by atoms with Crippen molar-refractivity contribution in [1.29, 1.82) is 0 Å². The number of halogens is 1. The third-order valence-corrected chi connectivity index (χ3v) is 5.20. The summed E-state index contributed by atoms with van der Waals surface area (Å²) < 4.78 is 27.2. The van der Waals surface area contributed by atoms with Crippen LogP contribution in [0, 0.1) is 6.92 Å². The number of benzene rings is 1. The van der Waals surface area contributed by atoms with Crippen molar-refractivity contribution in [1.82, 2.24) is 8.61 Å². The molecule has 0 fully saturated rings. The third kappa shape index (κ3) is 4.45. The van der Waals surface area contributed by atoms with E-state index < -0.39 is 10.2 Å². The Hall–Kier alpha value is -0.620. The summed E-state index contributed by atoms with van der Waals surface area (Å²) in [6.07, 6.45) is 0.648. The molecule has 0 unspecified atom stereocenters. The first-order valence-electron chi connectivity index (χ1n) is 6.17. The molecule has 0 amide bonds. The SMILES string of the molecule is Cc1ccccc1CN(C)S(=O)(=O)N(C)CCCCl. The van der Waals surface area contributed by atoms with Gasteiger partial charge >= 0.3 is 0 Å². The lowest BCUT2D eigenvalue weighted by molar-refractivity contribution is 0.389. The van der Waals surface area contributed by atoms with Gasteiger partial charge in [-0.25, -0.2) is 0 Å². The fourth-order valence-electron chi connectivity index (χ4n) is 1.74. The molecule has 108 valence electrons. The van der Waals surface area contributed by atoms with E-state index in [9.17, 15) is 8.42 Å². The Labute approximate surface area is 121 Å². The minimum absolute atomic E-state index is 0.375. The molecule has 0 aromatic heterocycles. The van der Waals surface area contributed by atoms with Crippen molar-refractivity contribution in [2.24, 2.45) is 0 Å². The molecule has 0 radical (unpaired) electrons. The molecule has 0 bridgehead atoms. The molecule has 0 saturated carbocycles. The van der Waals surface area contributed by atoms with Crippen LogP contribution in [0.2, 0.25) is 0 Å². The maximum atomic E-state index is 12.3. The molecule has 6 heteroatoms. The van der Waals surface area contributed by atoms with E-state index in [1.807, 2.05) is 31.2 Å². The summed E-state index contributed by atoms with van der Waals surface area (Å²) in [6.45, 7) is 2.79. The first-order valence-corrected chi connectivity index (χ1v) is 8.11. The molecular formula is C13H21ClN2O2S. The summed E-state index contributed by atoms with van der Waals surface area (Å²) in [7, 11) is -0.242. The standard InChI is InChI=1S/C13H21ClN2O2S/c1-12-7-4-5-8-13(12)11-16(3)19(17,18)15(2)10-6-9-14/h4-5,7-8H,6,9-11H2,1-3H3. The van der Waals surface area contributed by atoms with E-state index in [1.54, 1.807) is 14.1 Å². The zero-order valence-electron chi connectivity index (χ0n) is 11.6. The van der Waals surface area contributed by atoms with Gasteiger partial charge in [0.1, 0.15) is 0 Å². The van der Waals surface area contributed by atoms with Crippen LogP contribution in [0.5, 0.6) is 0 Å². The highest BCUT2D eigenvalue weighted by Crippen LogP contribution is 2.13. The predicted octanol–water partition coefficient (Wildman–Crippen LogP) is 2.23. The monoisotopic (exact) mass is 304 g/mol. The fourth-order valence-corrected chi connectivity index (χ4v) is 3.00. The van der Waals surface area contributed by atoms with Gasteiger partial charge in [-0.05, 0) is 24.5 Å². The highest BCUT2D eigenvalue weighted by atomic mass is 35.5. The van der Waals surface area contributed by atoms with E-state index >= 15 is 0 Å². The largest absolute Gasteiger partial charge is 0.281 e. The van der Waals surface area contributed by atoms with E-state index in [0.717, 1.165) is 11.1 Å². The van der Waals surface area contributed by atoms with Gasteiger partial charge in [-0.1, -0.05) is 24.3 Å². The molecule has 0 atom stereocenters. The third-order valence-electron chi connectivity index (χ3n) is 3.05. The number of hydrogen-bond acceptors (Lipinski definition) is 2. The van der Waals surface area contributed by atoms with E-state index in [4.69, 9.17) is 11.6 Å². The lowest BCUT2D eigenvalue weighted by Crippen LogP contribution is -2.39. The Morgan fingerprint density at radius 2 is 1.79 bits per heavy atom. The van der Waals surface area contributed by atoms with Gasteiger partial charge in [-0.3, -0.25) is 0 Å². The Morgan fingerprint density at radius 1 is 1.16 bits per heavy atom. The summed E-state index contributed by atoms with van der Waals surface area (Å²) >= 11 is 5.59. The molecule has 1 aromatic rings. The molecule has 0 heterocycles. The lowest BCUT2D eigenvalue weighted by Gasteiger charge is -2.24. The molecule has 0 aliphatic heterocycles. The molecule has 1 aromatic carbocycles. The van der Waals surface area contributed by atoms with Gasteiger partial charge in [0.25, 0.3) is 10.2 Å². The van der Waals surface area contributed by atoms with E-state index in [2.05, 4.69) is 0 Å². The van der Waals surface area contributed by atoms with Crippen molar-refractivity contribution in [3.8, 4) is 0 Å². The molecule has 19 heavy (non-hydrogen) atoms. The van der Waals surface area contributed by atoms with Gasteiger partial charge < -0.3 is 0 Å². The van der Waals surface area contributed by atoms with E-state index in [0.29, 0.717) is 25.4 Å².